The van der Waals surface area contributed by atoms with Gasteiger partial charge >= 0.3 is 5.97 Å². The normalized spacial score (nSPS) is 11.6. The van der Waals surface area contributed by atoms with Crippen molar-refractivity contribution < 1.29 is 17.9 Å². The first-order valence-electron chi connectivity index (χ1n) is 5.36. The van der Waals surface area contributed by atoms with E-state index in [2.05, 4.69) is 15.9 Å². The average Bonchev–Trinajstić information content (AvgIpc) is 2.28. The van der Waals surface area contributed by atoms with E-state index in [4.69, 9.17) is 16.3 Å². The second-order valence-corrected chi connectivity index (χ2v) is 6.98. The summed E-state index contributed by atoms with van der Waals surface area (Å²) >= 11 is 9.10. The van der Waals surface area contributed by atoms with Crippen LogP contribution in [0.2, 0.25) is 5.02 Å². The van der Waals surface area contributed by atoms with Crippen LogP contribution >= 0.6 is 27.5 Å². The number of nitrogens with zero attached hydrogens (tertiary/aromatic N) is 1. The highest BCUT2D eigenvalue weighted by atomic mass is 79.9. The maximum atomic E-state index is 12.2. The second kappa shape index (κ2) is 6.69. The summed E-state index contributed by atoms with van der Waals surface area (Å²) in [5, 5.41) is 0.0880. The minimum atomic E-state index is -3.82. The van der Waals surface area contributed by atoms with Crippen LogP contribution in [0.3, 0.4) is 0 Å². The fourth-order valence-electron chi connectivity index (χ4n) is 1.33. The van der Waals surface area contributed by atoms with Crippen molar-refractivity contribution >= 4 is 43.5 Å². The molecule has 0 aliphatic rings. The first-order valence-corrected chi connectivity index (χ1v) is 7.97. The molecule has 0 saturated carbocycles. The first-order chi connectivity index (χ1) is 8.78. The summed E-state index contributed by atoms with van der Waals surface area (Å²) in [6.45, 7) is 1.49. The van der Waals surface area contributed by atoms with Crippen molar-refractivity contribution in [2.24, 2.45) is 0 Å². The molecule has 0 aliphatic carbocycles. The molecule has 0 bridgehead atoms. The minimum Gasteiger partial charge on any atom is -0.465 e. The zero-order valence-corrected chi connectivity index (χ0v) is 13.5. The molecule has 0 unspecified atom stereocenters. The maximum absolute atomic E-state index is 12.2. The van der Waals surface area contributed by atoms with E-state index < -0.39 is 16.0 Å². The van der Waals surface area contributed by atoms with Crippen molar-refractivity contribution in [3.05, 3.63) is 27.7 Å². The Morgan fingerprint density at radius 1 is 1.47 bits per heavy atom. The molecule has 1 aromatic rings. The van der Waals surface area contributed by atoms with Crippen LogP contribution in [-0.2, 0) is 19.6 Å². The summed E-state index contributed by atoms with van der Waals surface area (Å²) in [6, 6.07) is 4.42. The molecule has 1 aromatic carbocycles. The largest absolute Gasteiger partial charge is 0.465 e. The van der Waals surface area contributed by atoms with E-state index in [9.17, 15) is 13.2 Å². The molecule has 0 spiro atoms. The van der Waals surface area contributed by atoms with E-state index in [1.54, 1.807) is 13.0 Å². The smallest absolute Gasteiger partial charge is 0.321 e. The average molecular weight is 371 g/mol. The van der Waals surface area contributed by atoms with Gasteiger partial charge in [0.05, 0.1) is 11.6 Å². The second-order valence-electron chi connectivity index (χ2n) is 3.64. The summed E-state index contributed by atoms with van der Waals surface area (Å²) in [4.78, 5) is 11.2. The number of esters is 1. The number of benzene rings is 1. The molecule has 0 heterocycles. The van der Waals surface area contributed by atoms with Crippen LogP contribution in [0.1, 0.15) is 6.92 Å². The Balaban J connectivity index is 3.00. The van der Waals surface area contributed by atoms with Gasteiger partial charge in [-0.2, -0.15) is 4.31 Å². The summed E-state index contributed by atoms with van der Waals surface area (Å²) < 4.78 is 30.7. The number of sulfonamides is 1. The summed E-state index contributed by atoms with van der Waals surface area (Å²) in [5.41, 5.74) is 0. The van der Waals surface area contributed by atoms with Crippen molar-refractivity contribution in [2.75, 3.05) is 20.2 Å². The van der Waals surface area contributed by atoms with E-state index >= 15 is 0 Å². The Morgan fingerprint density at radius 3 is 2.63 bits per heavy atom. The standard InChI is InChI=1S/C11H13BrClNO4S/c1-3-18-11(15)7-14(2)19(16,17)10-5-4-8(12)6-9(10)13/h4-6H,3,7H2,1-2H3. The van der Waals surface area contributed by atoms with Crippen LogP contribution in [0.5, 0.6) is 0 Å². The van der Waals surface area contributed by atoms with Gasteiger partial charge in [0, 0.05) is 11.5 Å². The number of carbonyl (C=O) groups excluding carboxylic acids is 1. The zero-order valence-electron chi connectivity index (χ0n) is 10.4. The fourth-order valence-corrected chi connectivity index (χ4v) is 3.45. The zero-order chi connectivity index (χ0) is 14.6. The highest BCUT2D eigenvalue weighted by molar-refractivity contribution is 9.10. The molecule has 5 nitrogen and oxygen atoms in total. The summed E-state index contributed by atoms with van der Waals surface area (Å²) in [6.07, 6.45) is 0. The predicted octanol–water partition coefficient (Wildman–Crippen LogP) is 2.29. The Labute approximate surface area is 125 Å². The molecule has 0 atom stereocenters. The Hall–Kier alpha value is -0.630. The Morgan fingerprint density at radius 2 is 2.11 bits per heavy atom. The van der Waals surface area contributed by atoms with E-state index in [0.717, 1.165) is 4.31 Å². The van der Waals surface area contributed by atoms with Gasteiger partial charge in [0.15, 0.2) is 0 Å². The van der Waals surface area contributed by atoms with Gasteiger partial charge in [-0.25, -0.2) is 8.42 Å². The molecular formula is C11H13BrClNO4S. The van der Waals surface area contributed by atoms with Crippen molar-refractivity contribution in [3.63, 3.8) is 0 Å². The molecule has 0 N–H and O–H groups in total. The van der Waals surface area contributed by atoms with Crippen molar-refractivity contribution in [1.82, 2.24) is 4.31 Å². The molecular weight excluding hydrogens is 358 g/mol. The van der Waals surface area contributed by atoms with Gasteiger partial charge in [-0.15, -0.1) is 0 Å². The van der Waals surface area contributed by atoms with Gasteiger partial charge in [0.25, 0.3) is 0 Å². The third-order valence-electron chi connectivity index (χ3n) is 2.24. The van der Waals surface area contributed by atoms with Gasteiger partial charge in [0.2, 0.25) is 10.0 Å². The number of carbonyl (C=O) groups is 1. The lowest BCUT2D eigenvalue weighted by molar-refractivity contribution is -0.143. The van der Waals surface area contributed by atoms with E-state index in [-0.39, 0.29) is 23.1 Å². The van der Waals surface area contributed by atoms with Crippen molar-refractivity contribution in [3.8, 4) is 0 Å². The van der Waals surface area contributed by atoms with Gasteiger partial charge in [-0.3, -0.25) is 4.79 Å². The third-order valence-corrected chi connectivity index (χ3v) is 5.02. The van der Waals surface area contributed by atoms with Gasteiger partial charge in [0.1, 0.15) is 11.4 Å². The lowest BCUT2D eigenvalue weighted by Gasteiger charge is -2.17. The van der Waals surface area contributed by atoms with Crippen LogP contribution in [0, 0.1) is 0 Å². The molecule has 0 aromatic heterocycles. The molecule has 1 rings (SSSR count). The van der Waals surface area contributed by atoms with Crippen LogP contribution < -0.4 is 0 Å². The monoisotopic (exact) mass is 369 g/mol. The fraction of sp³-hybridized carbons (Fsp3) is 0.364. The van der Waals surface area contributed by atoms with Gasteiger partial charge in [-0.05, 0) is 25.1 Å². The highest BCUT2D eigenvalue weighted by Gasteiger charge is 2.25. The number of hydrogen-bond donors (Lipinski definition) is 0. The molecule has 8 heteroatoms. The Bertz CT molecular complexity index is 576. The lowest BCUT2D eigenvalue weighted by Crippen LogP contribution is -2.33. The van der Waals surface area contributed by atoms with Gasteiger partial charge in [-0.1, -0.05) is 27.5 Å². The molecule has 19 heavy (non-hydrogen) atoms. The van der Waals surface area contributed by atoms with E-state index in [1.807, 2.05) is 0 Å². The van der Waals surface area contributed by atoms with Crippen LogP contribution in [-0.4, -0.2) is 38.9 Å². The van der Waals surface area contributed by atoms with Crippen LogP contribution in [0.4, 0.5) is 0 Å². The minimum absolute atomic E-state index is 0.0517. The van der Waals surface area contributed by atoms with Crippen molar-refractivity contribution in [2.45, 2.75) is 11.8 Å². The Kier molecular flexibility index (Phi) is 5.79. The maximum Gasteiger partial charge on any atom is 0.321 e. The highest BCUT2D eigenvalue weighted by Crippen LogP contribution is 2.27. The molecule has 0 amide bonds. The number of ether oxygens (including phenoxy) is 1. The SMILES string of the molecule is CCOC(=O)CN(C)S(=O)(=O)c1ccc(Br)cc1Cl. The summed E-state index contributed by atoms with van der Waals surface area (Å²) in [7, 11) is -2.52. The number of likely N-dealkylation sites (N-methyl/N-ethyl adjacent to an activating group) is 1. The molecule has 0 radical (unpaired) electrons. The molecule has 106 valence electrons. The van der Waals surface area contributed by atoms with E-state index in [0.29, 0.717) is 4.47 Å². The third kappa shape index (κ3) is 4.17. The molecule has 0 saturated heterocycles. The van der Waals surface area contributed by atoms with Gasteiger partial charge < -0.3 is 4.74 Å². The summed E-state index contributed by atoms with van der Waals surface area (Å²) in [5.74, 6) is -0.609. The topological polar surface area (TPSA) is 63.7 Å². The van der Waals surface area contributed by atoms with Crippen molar-refractivity contribution in [1.29, 1.82) is 0 Å². The molecule has 0 fully saturated rings. The quantitative estimate of drug-likeness (QED) is 0.746. The number of hydrogen-bond acceptors (Lipinski definition) is 4. The van der Waals surface area contributed by atoms with Crippen LogP contribution in [0.25, 0.3) is 0 Å². The lowest BCUT2D eigenvalue weighted by atomic mass is 10.4. The predicted molar refractivity (Wildman–Crippen MR) is 75.6 cm³/mol. The van der Waals surface area contributed by atoms with Crippen LogP contribution in [0.15, 0.2) is 27.6 Å². The molecule has 0 aliphatic heterocycles. The number of halogens is 2. The first kappa shape index (κ1) is 16.4. The number of rotatable bonds is 5. The van der Waals surface area contributed by atoms with E-state index in [1.165, 1.54) is 19.2 Å².